The van der Waals surface area contributed by atoms with Gasteiger partial charge in [-0.3, -0.25) is 0 Å². The van der Waals surface area contributed by atoms with Gasteiger partial charge in [-0.1, -0.05) is 41.4 Å². The van der Waals surface area contributed by atoms with Gasteiger partial charge in [0.05, 0.1) is 25.6 Å². The van der Waals surface area contributed by atoms with E-state index in [1.807, 2.05) is 53.5 Å². The zero-order chi connectivity index (χ0) is 21.6. The molecule has 1 saturated heterocycles. The van der Waals surface area contributed by atoms with E-state index in [2.05, 4.69) is 4.98 Å². The first-order valence-corrected chi connectivity index (χ1v) is 11.2. The highest BCUT2D eigenvalue weighted by molar-refractivity contribution is 6.35. The van der Waals surface area contributed by atoms with Crippen molar-refractivity contribution in [2.75, 3.05) is 7.11 Å². The second kappa shape index (κ2) is 10.5. The van der Waals surface area contributed by atoms with Crippen LogP contribution < -0.4 is 4.74 Å². The summed E-state index contributed by atoms with van der Waals surface area (Å²) in [6.45, 7) is 0.774. The third-order valence-corrected chi connectivity index (χ3v) is 6.09. The number of benzene rings is 2. The monoisotopic (exact) mass is 460 g/mol. The molecular formula is C24H26Cl2N2O3. The lowest BCUT2D eigenvalue weighted by atomic mass is 10.0. The van der Waals surface area contributed by atoms with Crippen molar-refractivity contribution in [3.05, 3.63) is 82.4 Å². The van der Waals surface area contributed by atoms with E-state index >= 15 is 0 Å². The normalized spacial score (nSPS) is 19.8. The molecule has 0 saturated carbocycles. The molecule has 3 atom stereocenters. The lowest BCUT2D eigenvalue weighted by Gasteiger charge is -2.33. The molecule has 4 rings (SSSR count). The Morgan fingerprint density at radius 2 is 2.00 bits per heavy atom. The van der Waals surface area contributed by atoms with Crippen LogP contribution in [0.5, 0.6) is 5.75 Å². The topological polar surface area (TPSA) is 45.5 Å². The molecule has 2 heterocycles. The van der Waals surface area contributed by atoms with Crippen molar-refractivity contribution in [1.29, 1.82) is 0 Å². The van der Waals surface area contributed by atoms with Crippen LogP contribution in [0, 0.1) is 0 Å². The van der Waals surface area contributed by atoms with E-state index in [0.717, 1.165) is 42.7 Å². The number of hydrogen-bond acceptors (Lipinski definition) is 4. The molecule has 1 unspecified atom stereocenters. The van der Waals surface area contributed by atoms with Gasteiger partial charge in [0, 0.05) is 35.4 Å². The summed E-state index contributed by atoms with van der Waals surface area (Å²) in [7, 11) is 1.66. The molecule has 0 amide bonds. The Kier molecular flexibility index (Phi) is 7.51. The van der Waals surface area contributed by atoms with Crippen LogP contribution in [0.2, 0.25) is 10.0 Å². The molecule has 0 spiro atoms. The largest absolute Gasteiger partial charge is 0.497 e. The van der Waals surface area contributed by atoms with Crippen molar-refractivity contribution in [2.45, 2.75) is 50.7 Å². The van der Waals surface area contributed by atoms with Gasteiger partial charge in [0.15, 0.2) is 6.29 Å². The third kappa shape index (κ3) is 6.01. The van der Waals surface area contributed by atoms with Gasteiger partial charge in [0.25, 0.3) is 0 Å². The summed E-state index contributed by atoms with van der Waals surface area (Å²) < 4.78 is 20.2. The van der Waals surface area contributed by atoms with Crippen molar-refractivity contribution in [2.24, 2.45) is 0 Å². The number of imidazole rings is 1. The van der Waals surface area contributed by atoms with Gasteiger partial charge < -0.3 is 18.8 Å². The number of hydrogen-bond donors (Lipinski definition) is 0. The van der Waals surface area contributed by atoms with Crippen molar-refractivity contribution in [3.63, 3.8) is 0 Å². The van der Waals surface area contributed by atoms with Crippen molar-refractivity contribution >= 4 is 23.2 Å². The second-order valence-electron chi connectivity index (χ2n) is 7.72. The maximum atomic E-state index is 6.51. The number of methoxy groups -OCH3 is 1. The number of aromatic nitrogens is 2. The predicted molar refractivity (Wildman–Crippen MR) is 122 cm³/mol. The summed E-state index contributed by atoms with van der Waals surface area (Å²) in [5, 5.41) is 1.26. The smallest absolute Gasteiger partial charge is 0.158 e. The maximum absolute atomic E-state index is 6.51. The molecule has 1 fully saturated rings. The Hall–Kier alpha value is -2.05. The van der Waals surface area contributed by atoms with Gasteiger partial charge in [-0.15, -0.1) is 0 Å². The van der Waals surface area contributed by atoms with Gasteiger partial charge in [-0.05, 0) is 54.7 Å². The summed E-state index contributed by atoms with van der Waals surface area (Å²) in [6.07, 6.45) is 8.72. The highest BCUT2D eigenvalue weighted by atomic mass is 35.5. The summed E-state index contributed by atoms with van der Waals surface area (Å²) in [5.41, 5.74) is 2.03. The Labute approximate surface area is 192 Å². The summed E-state index contributed by atoms with van der Waals surface area (Å²) in [6, 6.07) is 13.5. The Balaban J connectivity index is 1.50. The van der Waals surface area contributed by atoms with Gasteiger partial charge in [0.1, 0.15) is 5.75 Å². The van der Waals surface area contributed by atoms with Crippen LogP contribution in [0.3, 0.4) is 0 Å². The minimum absolute atomic E-state index is 0.101. The van der Waals surface area contributed by atoms with E-state index in [-0.39, 0.29) is 18.5 Å². The van der Waals surface area contributed by atoms with Crippen LogP contribution in [-0.2, 0) is 22.4 Å². The summed E-state index contributed by atoms with van der Waals surface area (Å²) in [5.74, 6) is 0.807. The van der Waals surface area contributed by atoms with E-state index in [1.165, 1.54) is 0 Å². The molecule has 5 nitrogen and oxygen atoms in total. The van der Waals surface area contributed by atoms with E-state index in [4.69, 9.17) is 37.4 Å². The lowest BCUT2D eigenvalue weighted by Crippen LogP contribution is -2.33. The van der Waals surface area contributed by atoms with E-state index < -0.39 is 0 Å². The highest BCUT2D eigenvalue weighted by Crippen LogP contribution is 2.32. The Bertz CT molecular complexity index is 963. The van der Waals surface area contributed by atoms with Gasteiger partial charge in [0.2, 0.25) is 0 Å². The molecular weight excluding hydrogens is 435 g/mol. The van der Waals surface area contributed by atoms with Crippen molar-refractivity contribution < 1.29 is 14.2 Å². The van der Waals surface area contributed by atoms with Crippen LogP contribution in [0.4, 0.5) is 0 Å². The minimum atomic E-state index is -0.277. The number of rotatable bonds is 8. The first kappa shape index (κ1) is 22.2. The molecule has 0 bridgehead atoms. The molecule has 1 aromatic heterocycles. The summed E-state index contributed by atoms with van der Waals surface area (Å²) >= 11 is 12.5. The Morgan fingerprint density at radius 3 is 2.71 bits per heavy atom. The molecule has 164 valence electrons. The number of ether oxygens (including phenoxy) is 3. The average molecular weight is 461 g/mol. The first-order chi connectivity index (χ1) is 15.1. The van der Waals surface area contributed by atoms with E-state index in [9.17, 15) is 0 Å². The van der Waals surface area contributed by atoms with Crippen LogP contribution in [-0.4, -0.2) is 29.1 Å². The molecule has 7 heteroatoms. The van der Waals surface area contributed by atoms with Gasteiger partial charge >= 0.3 is 0 Å². The van der Waals surface area contributed by atoms with Gasteiger partial charge in [-0.25, -0.2) is 4.98 Å². The van der Waals surface area contributed by atoms with Crippen molar-refractivity contribution in [3.8, 4) is 5.75 Å². The molecule has 2 aromatic carbocycles. The standard InChI is InChI=1S/C24H26Cl2N2O3/c1-29-20-9-6-17(7-10-20)23(13-18-5-8-19(25)14-22(18)26)31-24-4-2-3-21(30-24)15-28-12-11-27-16-28/h5-12,14,16,21,23-24H,2-4,13,15H2,1H3/t21-,23?,24+/m1/s1. The molecule has 31 heavy (non-hydrogen) atoms. The zero-order valence-corrected chi connectivity index (χ0v) is 18.9. The van der Waals surface area contributed by atoms with Crippen LogP contribution in [0.15, 0.2) is 61.2 Å². The summed E-state index contributed by atoms with van der Waals surface area (Å²) in [4.78, 5) is 4.11. The molecule has 1 aliphatic rings. The SMILES string of the molecule is COc1ccc(C(Cc2ccc(Cl)cc2Cl)O[C@H]2CCC[C@H](Cn3ccnc3)O2)cc1. The quantitative estimate of drug-likeness (QED) is 0.407. The fraction of sp³-hybridized carbons (Fsp3) is 0.375. The van der Waals surface area contributed by atoms with Crippen LogP contribution >= 0.6 is 23.2 Å². The number of nitrogens with zero attached hydrogens (tertiary/aromatic N) is 2. The maximum Gasteiger partial charge on any atom is 0.158 e. The van der Waals surface area contributed by atoms with E-state index in [1.54, 1.807) is 19.4 Å². The zero-order valence-electron chi connectivity index (χ0n) is 17.4. The van der Waals surface area contributed by atoms with Crippen LogP contribution in [0.25, 0.3) is 0 Å². The fourth-order valence-corrected chi connectivity index (χ4v) is 4.35. The first-order valence-electron chi connectivity index (χ1n) is 10.5. The average Bonchev–Trinajstić information content (AvgIpc) is 3.28. The fourth-order valence-electron chi connectivity index (χ4n) is 3.86. The molecule has 0 aliphatic carbocycles. The minimum Gasteiger partial charge on any atom is -0.497 e. The van der Waals surface area contributed by atoms with Crippen molar-refractivity contribution in [1.82, 2.24) is 9.55 Å². The van der Waals surface area contributed by atoms with E-state index in [0.29, 0.717) is 16.5 Å². The number of halogens is 2. The lowest BCUT2D eigenvalue weighted by molar-refractivity contribution is -0.218. The third-order valence-electron chi connectivity index (χ3n) is 5.51. The molecule has 1 aliphatic heterocycles. The van der Waals surface area contributed by atoms with Gasteiger partial charge in [-0.2, -0.15) is 0 Å². The molecule has 3 aromatic rings. The van der Waals surface area contributed by atoms with Crippen LogP contribution in [0.1, 0.15) is 36.5 Å². The predicted octanol–water partition coefficient (Wildman–Crippen LogP) is 6.09. The second-order valence-corrected chi connectivity index (χ2v) is 8.56. The highest BCUT2D eigenvalue weighted by Gasteiger charge is 2.27. The molecule has 0 N–H and O–H groups in total. The molecule has 0 radical (unpaired) electrons. The Morgan fingerprint density at radius 1 is 1.16 bits per heavy atom.